The van der Waals surface area contributed by atoms with Crippen LogP contribution in [0, 0.1) is 6.92 Å². The number of pyridine rings is 1. The third-order valence-corrected chi connectivity index (χ3v) is 3.48. The van der Waals surface area contributed by atoms with Crippen LogP contribution in [-0.4, -0.2) is 4.98 Å². The van der Waals surface area contributed by atoms with Crippen molar-refractivity contribution >= 4 is 27.0 Å². The van der Waals surface area contributed by atoms with Gasteiger partial charge < -0.3 is 28.4 Å². The molecule has 3 rings (SSSR count). The smallest absolute Gasteiger partial charge is 0.233 e. The van der Waals surface area contributed by atoms with E-state index in [2.05, 4.69) is 32.4 Å². The van der Waals surface area contributed by atoms with E-state index >= 15 is 0 Å². The van der Waals surface area contributed by atoms with Crippen molar-refractivity contribution in [2.75, 3.05) is 0 Å². The van der Waals surface area contributed by atoms with Gasteiger partial charge in [-0.1, -0.05) is 6.07 Å². The lowest BCUT2D eigenvalue weighted by Gasteiger charge is -1.96. The van der Waals surface area contributed by atoms with Gasteiger partial charge in [-0.25, -0.2) is 9.55 Å². The maximum Gasteiger partial charge on any atom is 0.233 e. The highest BCUT2D eigenvalue weighted by Gasteiger charge is 2.13. The van der Waals surface area contributed by atoms with E-state index in [1.54, 1.807) is 0 Å². The molecule has 0 saturated heterocycles. The summed E-state index contributed by atoms with van der Waals surface area (Å²) in [5.41, 5.74) is 3.87. The number of benzene rings is 1. The quantitative estimate of drug-likeness (QED) is 0.434. The Hall–Kier alpha value is -0.950. The SMILES string of the molecule is CC[n+]1cc(Br)cc(-c2nc3ccc(C)cc3o2)c1.[I-]. The van der Waals surface area contributed by atoms with Crippen molar-refractivity contribution in [2.24, 2.45) is 0 Å². The van der Waals surface area contributed by atoms with E-state index in [1.165, 1.54) is 5.56 Å². The predicted molar refractivity (Wildman–Crippen MR) is 77.8 cm³/mol. The molecule has 2 aromatic heterocycles. The van der Waals surface area contributed by atoms with Crippen LogP contribution in [0.25, 0.3) is 22.6 Å². The zero-order valence-electron chi connectivity index (χ0n) is 11.2. The number of aryl methyl sites for hydroxylation is 2. The van der Waals surface area contributed by atoms with Crippen molar-refractivity contribution in [1.29, 1.82) is 0 Å². The monoisotopic (exact) mass is 444 g/mol. The minimum Gasteiger partial charge on any atom is -1.00 e. The molecular weight excluding hydrogens is 431 g/mol. The first-order valence-electron chi connectivity index (χ1n) is 6.23. The Morgan fingerprint density at radius 1 is 1.25 bits per heavy atom. The summed E-state index contributed by atoms with van der Waals surface area (Å²) >= 11 is 3.52. The molecule has 1 aromatic carbocycles. The largest absolute Gasteiger partial charge is 1.00 e. The van der Waals surface area contributed by atoms with Gasteiger partial charge in [-0.05, 0) is 53.5 Å². The van der Waals surface area contributed by atoms with Crippen LogP contribution in [-0.2, 0) is 6.54 Å². The van der Waals surface area contributed by atoms with Gasteiger partial charge in [0.2, 0.25) is 5.89 Å². The van der Waals surface area contributed by atoms with Crippen LogP contribution in [0.5, 0.6) is 0 Å². The molecule has 5 heteroatoms. The standard InChI is InChI=1S/C15H14BrN2O.HI/c1-3-18-8-11(7-12(16)9-18)15-17-13-5-4-10(2)6-14(13)19-15;/h4-9H,3H2,1-2H3;1H/q+1;/p-1. The third kappa shape index (κ3) is 3.03. The molecule has 0 bridgehead atoms. The van der Waals surface area contributed by atoms with Gasteiger partial charge in [-0.2, -0.15) is 0 Å². The van der Waals surface area contributed by atoms with E-state index in [-0.39, 0.29) is 24.0 Å². The van der Waals surface area contributed by atoms with E-state index in [0.29, 0.717) is 5.89 Å². The third-order valence-electron chi connectivity index (χ3n) is 3.04. The highest BCUT2D eigenvalue weighted by Crippen LogP contribution is 2.25. The van der Waals surface area contributed by atoms with Crippen molar-refractivity contribution in [3.8, 4) is 11.5 Å². The van der Waals surface area contributed by atoms with Gasteiger partial charge >= 0.3 is 0 Å². The number of hydrogen-bond acceptors (Lipinski definition) is 2. The molecule has 0 fully saturated rings. The average Bonchev–Trinajstić information content (AvgIpc) is 2.80. The number of rotatable bonds is 2. The second kappa shape index (κ2) is 6.22. The fourth-order valence-electron chi connectivity index (χ4n) is 2.05. The van der Waals surface area contributed by atoms with E-state index in [9.17, 15) is 0 Å². The summed E-state index contributed by atoms with van der Waals surface area (Å²) in [6, 6.07) is 8.06. The van der Waals surface area contributed by atoms with Gasteiger partial charge in [-0.3, -0.25) is 0 Å². The molecule has 0 N–H and O–H groups in total. The zero-order chi connectivity index (χ0) is 13.4. The minimum absolute atomic E-state index is 0. The van der Waals surface area contributed by atoms with Crippen molar-refractivity contribution in [3.05, 3.63) is 46.7 Å². The van der Waals surface area contributed by atoms with Crippen molar-refractivity contribution in [1.82, 2.24) is 4.98 Å². The number of aromatic nitrogens is 2. The highest BCUT2D eigenvalue weighted by molar-refractivity contribution is 9.10. The molecular formula is C15H14BrIN2O. The van der Waals surface area contributed by atoms with Gasteiger partial charge in [0.1, 0.15) is 17.6 Å². The molecule has 20 heavy (non-hydrogen) atoms. The summed E-state index contributed by atoms with van der Waals surface area (Å²) in [4.78, 5) is 4.54. The van der Waals surface area contributed by atoms with Crippen LogP contribution in [0.15, 0.2) is 45.5 Å². The van der Waals surface area contributed by atoms with Crippen LogP contribution in [0.3, 0.4) is 0 Å². The molecule has 0 saturated carbocycles. The first-order chi connectivity index (χ1) is 9.15. The molecule has 0 spiro atoms. The van der Waals surface area contributed by atoms with Gasteiger partial charge in [0.05, 0.1) is 4.47 Å². The first kappa shape index (κ1) is 15.4. The molecule has 0 aliphatic rings. The molecule has 0 unspecified atom stereocenters. The summed E-state index contributed by atoms with van der Waals surface area (Å²) in [7, 11) is 0. The number of fused-ring (bicyclic) bond motifs is 1. The molecule has 0 aliphatic carbocycles. The predicted octanol–water partition coefficient (Wildman–Crippen LogP) is 0.877. The van der Waals surface area contributed by atoms with E-state index in [1.807, 2.05) is 43.6 Å². The first-order valence-corrected chi connectivity index (χ1v) is 7.02. The second-order valence-corrected chi connectivity index (χ2v) is 5.48. The number of oxazole rings is 1. The fourth-order valence-corrected chi connectivity index (χ4v) is 2.56. The molecule has 3 aromatic rings. The highest BCUT2D eigenvalue weighted by atomic mass is 127. The van der Waals surface area contributed by atoms with Gasteiger partial charge in [0, 0.05) is 0 Å². The van der Waals surface area contributed by atoms with Crippen molar-refractivity contribution in [2.45, 2.75) is 20.4 Å². The summed E-state index contributed by atoms with van der Waals surface area (Å²) in [6.45, 7) is 5.06. The lowest BCUT2D eigenvalue weighted by Crippen LogP contribution is -3.00. The molecule has 3 nitrogen and oxygen atoms in total. The maximum absolute atomic E-state index is 5.84. The number of nitrogens with zero attached hydrogens (tertiary/aromatic N) is 2. The van der Waals surface area contributed by atoms with Crippen molar-refractivity contribution in [3.63, 3.8) is 0 Å². The number of hydrogen-bond donors (Lipinski definition) is 0. The minimum atomic E-state index is 0. The van der Waals surface area contributed by atoms with Crippen LogP contribution < -0.4 is 28.5 Å². The maximum atomic E-state index is 5.84. The van der Waals surface area contributed by atoms with E-state index in [0.717, 1.165) is 27.7 Å². The normalized spacial score (nSPS) is 10.6. The lowest BCUT2D eigenvalue weighted by molar-refractivity contribution is -0.693. The molecule has 2 heterocycles. The Labute approximate surface area is 143 Å². The Bertz CT molecular complexity index is 755. The van der Waals surface area contributed by atoms with Crippen molar-refractivity contribution < 1.29 is 33.0 Å². The topological polar surface area (TPSA) is 29.9 Å². The average molecular weight is 445 g/mol. The van der Waals surface area contributed by atoms with Crippen LogP contribution in [0.4, 0.5) is 0 Å². The second-order valence-electron chi connectivity index (χ2n) is 4.56. The summed E-state index contributed by atoms with van der Waals surface area (Å²) in [5, 5.41) is 0. The lowest BCUT2D eigenvalue weighted by atomic mass is 10.2. The molecule has 0 atom stereocenters. The summed E-state index contributed by atoms with van der Waals surface area (Å²) in [6.07, 6.45) is 4.08. The van der Waals surface area contributed by atoms with Crippen LogP contribution in [0.1, 0.15) is 12.5 Å². The summed E-state index contributed by atoms with van der Waals surface area (Å²) < 4.78 is 8.96. The fraction of sp³-hybridized carbons (Fsp3) is 0.200. The van der Waals surface area contributed by atoms with Crippen LogP contribution >= 0.6 is 15.9 Å². The molecule has 0 radical (unpaired) electrons. The molecule has 0 amide bonds. The van der Waals surface area contributed by atoms with Gasteiger partial charge in [-0.15, -0.1) is 0 Å². The van der Waals surface area contributed by atoms with E-state index < -0.39 is 0 Å². The Morgan fingerprint density at radius 2 is 2.05 bits per heavy atom. The summed E-state index contributed by atoms with van der Waals surface area (Å²) in [5.74, 6) is 0.657. The van der Waals surface area contributed by atoms with Gasteiger partial charge in [0.25, 0.3) is 0 Å². The van der Waals surface area contributed by atoms with Crippen LogP contribution in [0.2, 0.25) is 0 Å². The Morgan fingerprint density at radius 3 is 2.80 bits per heavy atom. The molecule has 0 aliphatic heterocycles. The van der Waals surface area contributed by atoms with Gasteiger partial charge in [0.15, 0.2) is 18.0 Å². The Balaban J connectivity index is 0.00000147. The molecule has 104 valence electrons. The zero-order valence-corrected chi connectivity index (χ0v) is 15.0. The Kier molecular flexibility index (Phi) is 4.80. The number of halogens is 2. The van der Waals surface area contributed by atoms with E-state index in [4.69, 9.17) is 4.42 Å².